The molecule has 2 rings (SSSR count). The molecule has 0 spiro atoms. The zero-order valence-corrected chi connectivity index (χ0v) is 13.8. The highest BCUT2D eigenvalue weighted by Gasteiger charge is 2.10. The first kappa shape index (κ1) is 16.1. The van der Waals surface area contributed by atoms with Gasteiger partial charge in [0.05, 0.1) is 0 Å². The summed E-state index contributed by atoms with van der Waals surface area (Å²) in [4.78, 5) is 0. The average molecular weight is 306 g/mol. The van der Waals surface area contributed by atoms with Crippen LogP contribution in [-0.2, 0) is 0 Å². The normalized spacial score (nSPS) is 14.1. The van der Waals surface area contributed by atoms with Crippen molar-refractivity contribution in [2.45, 2.75) is 45.8 Å². The highest BCUT2D eigenvalue weighted by Crippen LogP contribution is 2.31. The molecular weight excluding hydrogens is 282 g/mol. The Morgan fingerprint density at radius 1 is 1.10 bits per heavy atom. The van der Waals surface area contributed by atoms with Gasteiger partial charge in [0.25, 0.3) is 0 Å². The standard InChI is InChI=1S/C18H24ClNO/c1-4-7-13(2)20-12-14(3)21-18-11-10-17(19)15-8-5-6-9-16(15)18/h5-6,8-11,13-14,20H,4,7,12H2,1-3H3. The van der Waals surface area contributed by atoms with E-state index in [4.69, 9.17) is 16.3 Å². The van der Waals surface area contributed by atoms with Crippen molar-refractivity contribution in [3.63, 3.8) is 0 Å². The number of nitrogens with one attached hydrogen (secondary N) is 1. The van der Waals surface area contributed by atoms with Gasteiger partial charge < -0.3 is 10.1 Å². The molecule has 0 heterocycles. The Labute approximate surface area is 132 Å². The fourth-order valence-electron chi connectivity index (χ4n) is 2.50. The number of halogens is 1. The van der Waals surface area contributed by atoms with Gasteiger partial charge in [-0.2, -0.15) is 0 Å². The predicted molar refractivity (Wildman–Crippen MR) is 91.4 cm³/mol. The maximum absolute atomic E-state index is 6.24. The lowest BCUT2D eigenvalue weighted by molar-refractivity contribution is 0.214. The third-order valence-corrected chi connectivity index (χ3v) is 3.96. The molecule has 3 heteroatoms. The summed E-state index contributed by atoms with van der Waals surface area (Å²) in [5.74, 6) is 0.896. The highest BCUT2D eigenvalue weighted by molar-refractivity contribution is 6.35. The van der Waals surface area contributed by atoms with Gasteiger partial charge >= 0.3 is 0 Å². The van der Waals surface area contributed by atoms with Crippen LogP contribution in [0.5, 0.6) is 5.75 Å². The second-order valence-corrected chi connectivity index (χ2v) is 6.02. The zero-order chi connectivity index (χ0) is 15.2. The molecule has 0 fully saturated rings. The van der Waals surface area contributed by atoms with Gasteiger partial charge in [0.1, 0.15) is 11.9 Å². The first-order chi connectivity index (χ1) is 10.1. The quantitative estimate of drug-likeness (QED) is 0.774. The second-order valence-electron chi connectivity index (χ2n) is 5.62. The van der Waals surface area contributed by atoms with Crippen LogP contribution < -0.4 is 10.1 Å². The van der Waals surface area contributed by atoms with Gasteiger partial charge in [-0.15, -0.1) is 0 Å². The van der Waals surface area contributed by atoms with Crippen molar-refractivity contribution in [2.24, 2.45) is 0 Å². The highest BCUT2D eigenvalue weighted by atomic mass is 35.5. The third kappa shape index (κ3) is 4.36. The smallest absolute Gasteiger partial charge is 0.127 e. The maximum atomic E-state index is 6.24. The molecule has 0 saturated carbocycles. The zero-order valence-electron chi connectivity index (χ0n) is 13.0. The van der Waals surface area contributed by atoms with Crippen molar-refractivity contribution in [2.75, 3.05) is 6.54 Å². The number of hydrogen-bond donors (Lipinski definition) is 1. The van der Waals surface area contributed by atoms with E-state index in [0.29, 0.717) is 6.04 Å². The molecule has 0 aromatic heterocycles. The molecule has 2 unspecified atom stereocenters. The van der Waals surface area contributed by atoms with E-state index in [-0.39, 0.29) is 6.10 Å². The molecule has 2 aromatic rings. The van der Waals surface area contributed by atoms with Crippen LogP contribution in [0.2, 0.25) is 5.02 Å². The van der Waals surface area contributed by atoms with E-state index in [1.807, 2.05) is 30.3 Å². The van der Waals surface area contributed by atoms with Crippen molar-refractivity contribution >= 4 is 22.4 Å². The maximum Gasteiger partial charge on any atom is 0.127 e. The minimum absolute atomic E-state index is 0.119. The fraction of sp³-hybridized carbons (Fsp3) is 0.444. The third-order valence-electron chi connectivity index (χ3n) is 3.63. The van der Waals surface area contributed by atoms with Crippen LogP contribution in [0.4, 0.5) is 0 Å². The van der Waals surface area contributed by atoms with E-state index < -0.39 is 0 Å². The summed E-state index contributed by atoms with van der Waals surface area (Å²) in [6.07, 6.45) is 2.51. The number of rotatable bonds is 7. The number of benzene rings is 2. The summed E-state index contributed by atoms with van der Waals surface area (Å²) >= 11 is 6.24. The summed E-state index contributed by atoms with van der Waals surface area (Å²) in [7, 11) is 0. The Kier molecular flexibility index (Phi) is 5.89. The Hall–Kier alpha value is -1.25. The molecule has 0 aliphatic rings. The van der Waals surface area contributed by atoms with Crippen LogP contribution in [0.1, 0.15) is 33.6 Å². The summed E-state index contributed by atoms with van der Waals surface area (Å²) in [6, 6.07) is 12.5. The van der Waals surface area contributed by atoms with Gasteiger partial charge in [-0.3, -0.25) is 0 Å². The molecular formula is C18H24ClNO. The molecule has 0 aliphatic heterocycles. The van der Waals surface area contributed by atoms with Crippen LogP contribution in [0.25, 0.3) is 10.8 Å². The van der Waals surface area contributed by atoms with Crippen molar-refractivity contribution in [1.82, 2.24) is 5.32 Å². The van der Waals surface area contributed by atoms with Crippen LogP contribution >= 0.6 is 11.6 Å². The number of fused-ring (bicyclic) bond motifs is 1. The Morgan fingerprint density at radius 3 is 2.52 bits per heavy atom. The molecule has 21 heavy (non-hydrogen) atoms. The van der Waals surface area contributed by atoms with E-state index in [0.717, 1.165) is 28.1 Å². The van der Waals surface area contributed by atoms with E-state index in [1.54, 1.807) is 0 Å². The molecule has 114 valence electrons. The molecule has 1 N–H and O–H groups in total. The first-order valence-corrected chi connectivity index (χ1v) is 8.07. The molecule has 0 amide bonds. The van der Waals surface area contributed by atoms with Crippen LogP contribution in [0.3, 0.4) is 0 Å². The lowest BCUT2D eigenvalue weighted by Crippen LogP contribution is -2.35. The van der Waals surface area contributed by atoms with E-state index in [1.165, 1.54) is 12.8 Å². The molecule has 0 aliphatic carbocycles. The van der Waals surface area contributed by atoms with Crippen molar-refractivity contribution in [1.29, 1.82) is 0 Å². The largest absolute Gasteiger partial charge is 0.489 e. The molecule has 0 radical (unpaired) electrons. The lowest BCUT2D eigenvalue weighted by Gasteiger charge is -2.20. The van der Waals surface area contributed by atoms with Gasteiger partial charge in [0.2, 0.25) is 0 Å². The van der Waals surface area contributed by atoms with Crippen molar-refractivity contribution in [3.8, 4) is 5.75 Å². The van der Waals surface area contributed by atoms with Crippen LogP contribution in [0, 0.1) is 0 Å². The van der Waals surface area contributed by atoms with Gasteiger partial charge in [0.15, 0.2) is 0 Å². The number of ether oxygens (including phenoxy) is 1. The van der Waals surface area contributed by atoms with E-state index >= 15 is 0 Å². The van der Waals surface area contributed by atoms with Gasteiger partial charge in [-0.05, 0) is 32.4 Å². The van der Waals surface area contributed by atoms with Gasteiger partial charge in [0, 0.05) is 28.4 Å². The van der Waals surface area contributed by atoms with Crippen molar-refractivity contribution < 1.29 is 4.74 Å². The molecule has 0 bridgehead atoms. The van der Waals surface area contributed by atoms with Crippen LogP contribution in [-0.4, -0.2) is 18.7 Å². The molecule has 2 nitrogen and oxygen atoms in total. The Morgan fingerprint density at radius 2 is 1.81 bits per heavy atom. The van der Waals surface area contributed by atoms with Crippen molar-refractivity contribution in [3.05, 3.63) is 41.4 Å². The first-order valence-electron chi connectivity index (χ1n) is 7.69. The SMILES string of the molecule is CCCC(C)NCC(C)Oc1ccc(Cl)c2ccccc12. The van der Waals surface area contributed by atoms with E-state index in [9.17, 15) is 0 Å². The van der Waals surface area contributed by atoms with E-state index in [2.05, 4.69) is 32.2 Å². The summed E-state index contributed by atoms with van der Waals surface area (Å²) < 4.78 is 6.09. The lowest BCUT2D eigenvalue weighted by atomic mass is 10.1. The fourth-order valence-corrected chi connectivity index (χ4v) is 2.73. The topological polar surface area (TPSA) is 21.3 Å². The molecule has 0 saturated heterocycles. The predicted octanol–water partition coefficient (Wildman–Crippen LogP) is 5.04. The Balaban J connectivity index is 2.04. The molecule has 2 aromatic carbocycles. The summed E-state index contributed by atoms with van der Waals surface area (Å²) in [6.45, 7) is 7.36. The minimum Gasteiger partial charge on any atom is -0.489 e. The summed E-state index contributed by atoms with van der Waals surface area (Å²) in [5, 5.41) is 6.38. The van der Waals surface area contributed by atoms with Gasteiger partial charge in [-0.1, -0.05) is 49.2 Å². The molecule has 2 atom stereocenters. The number of hydrogen-bond acceptors (Lipinski definition) is 2. The van der Waals surface area contributed by atoms with Gasteiger partial charge in [-0.25, -0.2) is 0 Å². The average Bonchev–Trinajstić information content (AvgIpc) is 2.49. The van der Waals surface area contributed by atoms with Crippen LogP contribution in [0.15, 0.2) is 36.4 Å². The minimum atomic E-state index is 0.119. The monoisotopic (exact) mass is 305 g/mol. The Bertz CT molecular complexity index is 584. The second kappa shape index (κ2) is 7.67. The summed E-state index contributed by atoms with van der Waals surface area (Å²) in [5.41, 5.74) is 0.